The number of para-hydroxylation sites is 1. The Labute approximate surface area is 135 Å². The molecule has 1 fully saturated rings. The molecule has 1 aromatic carbocycles. The summed E-state index contributed by atoms with van der Waals surface area (Å²) in [6.07, 6.45) is 4.85. The number of aryl methyl sites for hydroxylation is 1. The van der Waals surface area contributed by atoms with Crippen LogP contribution in [0, 0.1) is 6.92 Å². The predicted octanol–water partition coefficient (Wildman–Crippen LogP) is 3.09. The summed E-state index contributed by atoms with van der Waals surface area (Å²) in [6, 6.07) is 8.44. The third-order valence-corrected chi connectivity index (χ3v) is 4.79. The normalized spacial score (nSPS) is 21.3. The van der Waals surface area contributed by atoms with Gasteiger partial charge in [-0.05, 0) is 19.4 Å². The summed E-state index contributed by atoms with van der Waals surface area (Å²) in [5.41, 5.74) is 4.47. The molecule has 0 spiro atoms. The van der Waals surface area contributed by atoms with Gasteiger partial charge in [0, 0.05) is 48.4 Å². The van der Waals surface area contributed by atoms with Crippen molar-refractivity contribution in [1.29, 1.82) is 0 Å². The van der Waals surface area contributed by atoms with Crippen molar-refractivity contribution in [3.63, 3.8) is 0 Å². The van der Waals surface area contributed by atoms with E-state index in [9.17, 15) is 0 Å². The monoisotopic (exact) mass is 311 g/mol. The van der Waals surface area contributed by atoms with Gasteiger partial charge in [0.05, 0.1) is 12.5 Å². The number of fused-ring (bicyclic) bond motifs is 1. The highest BCUT2D eigenvalue weighted by Crippen LogP contribution is 2.31. The minimum absolute atomic E-state index is 0.0712. The van der Waals surface area contributed by atoms with Crippen molar-refractivity contribution in [1.82, 2.24) is 15.1 Å². The SMILES string of the molecule is Cc1c([C@H]2OCC[C@@H]2NCc2coc3ccccc23)cnn1C. The van der Waals surface area contributed by atoms with Gasteiger partial charge in [0.15, 0.2) is 0 Å². The van der Waals surface area contributed by atoms with Gasteiger partial charge in [-0.1, -0.05) is 18.2 Å². The van der Waals surface area contributed by atoms with Gasteiger partial charge in [0.2, 0.25) is 0 Å². The van der Waals surface area contributed by atoms with Crippen LogP contribution in [0.15, 0.2) is 41.1 Å². The van der Waals surface area contributed by atoms with Crippen LogP contribution in [0.25, 0.3) is 11.0 Å². The average Bonchev–Trinajstić information content (AvgIpc) is 3.26. The molecule has 23 heavy (non-hydrogen) atoms. The van der Waals surface area contributed by atoms with E-state index in [1.807, 2.05) is 42.4 Å². The van der Waals surface area contributed by atoms with Gasteiger partial charge >= 0.3 is 0 Å². The highest BCUT2D eigenvalue weighted by Gasteiger charge is 2.31. The van der Waals surface area contributed by atoms with Crippen LogP contribution in [0.2, 0.25) is 0 Å². The molecule has 1 aliphatic heterocycles. The smallest absolute Gasteiger partial charge is 0.134 e. The lowest BCUT2D eigenvalue weighted by atomic mass is 10.0. The van der Waals surface area contributed by atoms with Crippen molar-refractivity contribution in [3.05, 3.63) is 53.5 Å². The summed E-state index contributed by atoms with van der Waals surface area (Å²) in [5.74, 6) is 0. The molecule has 0 unspecified atom stereocenters. The molecule has 1 N–H and O–H groups in total. The summed E-state index contributed by atoms with van der Waals surface area (Å²) in [5, 5.41) is 9.15. The molecular formula is C18H21N3O2. The third kappa shape index (κ3) is 2.56. The van der Waals surface area contributed by atoms with Crippen LogP contribution in [0.3, 0.4) is 0 Å². The van der Waals surface area contributed by atoms with Crippen molar-refractivity contribution in [2.24, 2.45) is 7.05 Å². The molecule has 5 heteroatoms. The fourth-order valence-corrected chi connectivity index (χ4v) is 3.31. The van der Waals surface area contributed by atoms with Gasteiger partial charge in [-0.2, -0.15) is 5.10 Å². The number of nitrogens with one attached hydrogen (secondary N) is 1. The lowest BCUT2D eigenvalue weighted by Gasteiger charge is -2.19. The van der Waals surface area contributed by atoms with Gasteiger partial charge in [-0.25, -0.2) is 0 Å². The molecule has 5 nitrogen and oxygen atoms in total. The average molecular weight is 311 g/mol. The summed E-state index contributed by atoms with van der Waals surface area (Å²) in [7, 11) is 1.97. The fraction of sp³-hybridized carbons (Fsp3) is 0.389. The van der Waals surface area contributed by atoms with Crippen molar-refractivity contribution in [2.75, 3.05) is 6.61 Å². The molecule has 0 amide bonds. The van der Waals surface area contributed by atoms with E-state index < -0.39 is 0 Å². The van der Waals surface area contributed by atoms with E-state index in [4.69, 9.17) is 9.15 Å². The lowest BCUT2D eigenvalue weighted by molar-refractivity contribution is 0.0979. The standard InChI is InChI=1S/C18H21N3O2/c1-12-15(10-20-21(12)2)18-16(7-8-22-18)19-9-13-11-23-17-6-4-3-5-14(13)17/h3-6,10-11,16,18-19H,7-9H2,1-2H3/t16-,18+/m0/s1. The zero-order valence-electron chi connectivity index (χ0n) is 13.5. The summed E-state index contributed by atoms with van der Waals surface area (Å²) in [6.45, 7) is 3.65. The van der Waals surface area contributed by atoms with Crippen LogP contribution in [0.1, 0.15) is 29.3 Å². The predicted molar refractivity (Wildman–Crippen MR) is 88.1 cm³/mol. The molecule has 3 heterocycles. The molecule has 3 aromatic rings. The number of aromatic nitrogens is 2. The summed E-state index contributed by atoms with van der Waals surface area (Å²) < 4.78 is 13.5. The summed E-state index contributed by atoms with van der Waals surface area (Å²) >= 11 is 0. The fourth-order valence-electron chi connectivity index (χ4n) is 3.31. The first-order chi connectivity index (χ1) is 11.2. The minimum Gasteiger partial charge on any atom is -0.464 e. The molecule has 120 valence electrons. The molecule has 1 saturated heterocycles. The number of hydrogen-bond donors (Lipinski definition) is 1. The van der Waals surface area contributed by atoms with E-state index >= 15 is 0 Å². The minimum atomic E-state index is 0.0712. The van der Waals surface area contributed by atoms with E-state index in [1.165, 1.54) is 16.5 Å². The third-order valence-electron chi connectivity index (χ3n) is 4.79. The first-order valence-corrected chi connectivity index (χ1v) is 8.02. The molecule has 2 aromatic heterocycles. The first-order valence-electron chi connectivity index (χ1n) is 8.02. The van der Waals surface area contributed by atoms with Crippen molar-refractivity contribution < 1.29 is 9.15 Å². The Balaban J connectivity index is 1.51. The topological polar surface area (TPSA) is 52.2 Å². The Morgan fingerprint density at radius 1 is 1.35 bits per heavy atom. The van der Waals surface area contributed by atoms with Crippen LogP contribution in [0.4, 0.5) is 0 Å². The van der Waals surface area contributed by atoms with Gasteiger partial charge in [-0.15, -0.1) is 0 Å². The molecule has 0 radical (unpaired) electrons. The van der Waals surface area contributed by atoms with Gasteiger partial charge in [0.1, 0.15) is 11.7 Å². The van der Waals surface area contributed by atoms with E-state index in [2.05, 4.69) is 23.4 Å². The molecule has 0 aliphatic carbocycles. The van der Waals surface area contributed by atoms with Crippen LogP contribution >= 0.6 is 0 Å². The molecular weight excluding hydrogens is 290 g/mol. The molecule has 0 bridgehead atoms. The van der Waals surface area contributed by atoms with Crippen LogP contribution in [-0.4, -0.2) is 22.4 Å². The van der Waals surface area contributed by atoms with E-state index in [0.29, 0.717) is 6.04 Å². The second kappa shape index (κ2) is 5.83. The largest absolute Gasteiger partial charge is 0.464 e. The number of rotatable bonds is 4. The molecule has 2 atom stereocenters. The number of furan rings is 1. The van der Waals surface area contributed by atoms with E-state index in [0.717, 1.165) is 30.8 Å². The summed E-state index contributed by atoms with van der Waals surface area (Å²) in [4.78, 5) is 0. The highest BCUT2D eigenvalue weighted by molar-refractivity contribution is 5.80. The maximum absolute atomic E-state index is 5.96. The Hall–Kier alpha value is -2.11. The van der Waals surface area contributed by atoms with Crippen molar-refractivity contribution in [3.8, 4) is 0 Å². The first kappa shape index (κ1) is 14.5. The lowest BCUT2D eigenvalue weighted by Crippen LogP contribution is -2.31. The number of ether oxygens (including phenoxy) is 1. The van der Waals surface area contributed by atoms with Crippen molar-refractivity contribution >= 4 is 11.0 Å². The Bertz CT molecular complexity index is 821. The zero-order chi connectivity index (χ0) is 15.8. The highest BCUT2D eigenvalue weighted by atomic mass is 16.5. The van der Waals surface area contributed by atoms with Crippen LogP contribution in [-0.2, 0) is 18.3 Å². The second-order valence-corrected chi connectivity index (χ2v) is 6.13. The molecule has 0 saturated carbocycles. The van der Waals surface area contributed by atoms with E-state index in [-0.39, 0.29) is 6.10 Å². The Kier molecular flexibility index (Phi) is 3.67. The van der Waals surface area contributed by atoms with Crippen LogP contribution in [0.5, 0.6) is 0 Å². The number of nitrogens with zero attached hydrogens (tertiary/aromatic N) is 2. The maximum atomic E-state index is 5.96. The van der Waals surface area contributed by atoms with Crippen molar-refractivity contribution in [2.45, 2.75) is 32.0 Å². The maximum Gasteiger partial charge on any atom is 0.134 e. The van der Waals surface area contributed by atoms with E-state index in [1.54, 1.807) is 0 Å². The Morgan fingerprint density at radius 2 is 2.22 bits per heavy atom. The van der Waals surface area contributed by atoms with Crippen LogP contribution < -0.4 is 5.32 Å². The molecule has 1 aliphatic rings. The second-order valence-electron chi connectivity index (χ2n) is 6.13. The van der Waals surface area contributed by atoms with Gasteiger partial charge < -0.3 is 14.5 Å². The quantitative estimate of drug-likeness (QED) is 0.804. The molecule has 4 rings (SSSR count). The Morgan fingerprint density at radius 3 is 3.04 bits per heavy atom. The van der Waals surface area contributed by atoms with Gasteiger partial charge in [0.25, 0.3) is 0 Å². The number of benzene rings is 1. The zero-order valence-corrected chi connectivity index (χ0v) is 13.5. The van der Waals surface area contributed by atoms with Gasteiger partial charge in [-0.3, -0.25) is 4.68 Å². The number of hydrogen-bond acceptors (Lipinski definition) is 4.